The first-order valence-electron chi connectivity index (χ1n) is 47.3. The fourth-order valence-corrected chi connectivity index (χ4v) is 22.8. The highest BCUT2D eigenvalue weighted by Gasteiger charge is 2.61. The molecule has 11 fully saturated rings. The summed E-state index contributed by atoms with van der Waals surface area (Å²) in [6.45, 7) is 13.2. The molecule has 19 rings (SSSR count). The molecule has 8 aromatic carbocycles. The minimum atomic E-state index is -2.96. The second-order valence-corrected chi connectivity index (χ2v) is 39.0. The predicted molar refractivity (Wildman–Crippen MR) is 493 cm³/mol. The van der Waals surface area contributed by atoms with E-state index < -0.39 is 45.7 Å². The van der Waals surface area contributed by atoms with Crippen LogP contribution in [0.25, 0.3) is 0 Å². The summed E-state index contributed by atoms with van der Waals surface area (Å²) >= 11 is 0. The van der Waals surface area contributed by atoms with E-state index in [1.807, 2.05) is 43.3 Å². The summed E-state index contributed by atoms with van der Waals surface area (Å²) < 4.78 is 141. The van der Waals surface area contributed by atoms with E-state index in [0.717, 1.165) is 152 Å². The number of hydrogen-bond acceptors (Lipinski definition) is 11. The Morgan fingerprint density at radius 1 is 0.244 bits per heavy atom. The van der Waals surface area contributed by atoms with E-state index in [1.54, 1.807) is 60.7 Å². The Hall–Kier alpha value is -7.31. The van der Waals surface area contributed by atoms with Gasteiger partial charge in [0.1, 0.15) is 34.1 Å². The normalized spacial score (nSPS) is 33.0. The van der Waals surface area contributed by atoms with Crippen LogP contribution < -0.4 is 45.9 Å². The molecule has 16 N–H and O–H groups in total. The first kappa shape index (κ1) is 98.7. The van der Waals surface area contributed by atoms with E-state index in [1.165, 1.54) is 110 Å². The van der Waals surface area contributed by atoms with Crippen LogP contribution in [0.5, 0.6) is 0 Å². The van der Waals surface area contributed by atoms with Gasteiger partial charge in [-0.15, -0.1) is 0 Å². The van der Waals surface area contributed by atoms with E-state index in [-0.39, 0.29) is 81.8 Å². The molecule has 0 aromatic heterocycles. The lowest BCUT2D eigenvalue weighted by Crippen LogP contribution is -2.66. The fraction of sp³-hybridized carbons (Fsp3) is 0.551. The maximum Gasteiger partial charge on any atom is 0.269 e. The van der Waals surface area contributed by atoms with Gasteiger partial charge in [-0.1, -0.05) is 267 Å². The van der Waals surface area contributed by atoms with Gasteiger partial charge in [0, 0.05) is 49.6 Å². The second kappa shape index (κ2) is 41.2. The molecule has 5 unspecified atom stereocenters. The lowest BCUT2D eigenvalue weighted by Gasteiger charge is -2.57. The van der Waals surface area contributed by atoms with Crippen LogP contribution in [0.4, 0.5) is 39.5 Å². The molecule has 11 aliphatic rings. The van der Waals surface area contributed by atoms with Gasteiger partial charge in [0.2, 0.25) is 0 Å². The Kier molecular flexibility index (Phi) is 32.0. The van der Waals surface area contributed by atoms with Gasteiger partial charge in [-0.05, 0) is 233 Å². The van der Waals surface area contributed by atoms with Crippen LogP contribution in [0.3, 0.4) is 0 Å². The van der Waals surface area contributed by atoms with Gasteiger partial charge in [-0.2, -0.15) is 0 Å². The lowest BCUT2D eigenvalue weighted by atomic mass is 9.62. The third-order valence-corrected chi connectivity index (χ3v) is 31.4. The van der Waals surface area contributed by atoms with Crippen molar-refractivity contribution < 1.29 is 53.7 Å². The van der Waals surface area contributed by atoms with E-state index in [9.17, 15) is 39.5 Å². The topological polar surface area (TPSA) is 236 Å². The average molecular weight is 1760 g/mol. The quantitative estimate of drug-likeness (QED) is 0.0666. The van der Waals surface area contributed by atoms with Crippen molar-refractivity contribution in [1.82, 2.24) is 0 Å². The molecule has 8 saturated carbocycles. The van der Waals surface area contributed by atoms with Crippen molar-refractivity contribution in [3.63, 3.8) is 0 Å². The lowest BCUT2D eigenvalue weighted by molar-refractivity contribution is -0.209. The smallest absolute Gasteiger partial charge is 0.269 e. The van der Waals surface area contributed by atoms with Crippen molar-refractivity contribution >= 4 is 0 Å². The van der Waals surface area contributed by atoms with Crippen LogP contribution in [0.2, 0.25) is 0 Å². The molecule has 8 aromatic rings. The molecule has 13 atom stereocenters. The van der Waals surface area contributed by atoms with Crippen LogP contribution in [0.1, 0.15) is 300 Å². The highest BCUT2D eigenvalue weighted by molar-refractivity contribution is 5.40. The van der Waals surface area contributed by atoms with Crippen molar-refractivity contribution in [2.75, 3.05) is 19.8 Å². The first-order valence-corrected chi connectivity index (χ1v) is 47.3. The number of rotatable bonds is 8. The number of ether oxygens (including phenoxy) is 3. The Labute approximate surface area is 750 Å². The SMILES string of the molecule is CC1CCCC[C@]1(N)c1cccc(F)c1.Cc1ccccc1[C@@]1(N)CCCCC1(F)F.Cc1ccccc1[C@@]1(N)CCCCC12CCO2.Cc1ccccc1[C@@]1(N)CCCCC1C.N[C@]1(c2cccc(F)c2)CCCCC1(F)F.N[C@]1(c2cccc(F)c2)CCCCC12CCO2.N[C@]1(c2ccccc2)CCCCC1(F)F.N[C@]1(c2ccccc2)CCCCC12CCO2. The van der Waals surface area contributed by atoms with E-state index in [4.69, 9.17) is 60.1 Å². The van der Waals surface area contributed by atoms with Crippen LogP contribution in [0, 0.1) is 50.1 Å². The van der Waals surface area contributed by atoms with Crippen molar-refractivity contribution in [3.05, 3.63) is 285 Å². The summed E-state index contributed by atoms with van der Waals surface area (Å²) in [4.78, 5) is 0. The Balaban J connectivity index is 0.000000132. The molecule has 127 heavy (non-hydrogen) atoms. The summed E-state index contributed by atoms with van der Waals surface area (Å²) in [5, 5.41) is 0. The molecule has 20 heteroatoms. The number of halogens is 9. The van der Waals surface area contributed by atoms with Gasteiger partial charge < -0.3 is 60.1 Å². The number of aryl methyl sites for hydroxylation is 3. The van der Waals surface area contributed by atoms with Gasteiger partial charge in [0.15, 0.2) is 0 Å². The minimum absolute atomic E-state index is 0.0629. The zero-order valence-electron chi connectivity index (χ0n) is 75.9. The Bertz CT molecular complexity index is 4840. The molecular formula is C107H143F9N8O3. The monoisotopic (exact) mass is 1760 g/mol. The van der Waals surface area contributed by atoms with Crippen LogP contribution in [-0.4, -0.2) is 54.4 Å². The molecule has 3 saturated heterocycles. The molecule has 11 nitrogen and oxygen atoms in total. The number of nitrogens with two attached hydrogens (primary N) is 8. The fourth-order valence-electron chi connectivity index (χ4n) is 22.8. The van der Waals surface area contributed by atoms with Gasteiger partial charge in [0.05, 0.1) is 53.2 Å². The number of benzene rings is 8. The molecule has 3 spiro atoms. The summed E-state index contributed by atoms with van der Waals surface area (Å²) in [7, 11) is 0. The van der Waals surface area contributed by atoms with Crippen molar-refractivity contribution in [2.24, 2.45) is 57.7 Å². The summed E-state index contributed by atoms with van der Waals surface area (Å²) in [6.07, 6.45) is 30.5. The summed E-state index contributed by atoms with van der Waals surface area (Å²) in [6, 6.07) is 62.2. The molecule has 0 bridgehead atoms. The van der Waals surface area contributed by atoms with E-state index in [2.05, 4.69) is 100 Å². The molecule has 3 heterocycles. The van der Waals surface area contributed by atoms with Crippen molar-refractivity contribution in [3.8, 4) is 0 Å². The van der Waals surface area contributed by atoms with Crippen molar-refractivity contribution in [1.29, 1.82) is 0 Å². The van der Waals surface area contributed by atoms with Gasteiger partial charge in [-0.3, -0.25) is 0 Å². The summed E-state index contributed by atoms with van der Waals surface area (Å²) in [5.74, 6) is -8.42. The Morgan fingerprint density at radius 2 is 0.504 bits per heavy atom. The number of alkyl halides is 6. The van der Waals surface area contributed by atoms with Gasteiger partial charge >= 0.3 is 0 Å². The van der Waals surface area contributed by atoms with Crippen LogP contribution in [-0.2, 0) is 58.5 Å². The number of hydrogen-bond donors (Lipinski definition) is 8. The molecular weight excluding hydrogens is 1620 g/mol. The van der Waals surface area contributed by atoms with E-state index >= 15 is 0 Å². The maximum atomic E-state index is 14.0. The van der Waals surface area contributed by atoms with E-state index in [0.29, 0.717) is 61.5 Å². The predicted octanol–water partition coefficient (Wildman–Crippen LogP) is 24.3. The zero-order valence-corrected chi connectivity index (χ0v) is 75.9. The third-order valence-electron chi connectivity index (χ3n) is 31.4. The molecule has 692 valence electrons. The average Bonchev–Trinajstić information content (AvgIpc) is 0.716. The van der Waals surface area contributed by atoms with Crippen LogP contribution >= 0.6 is 0 Å². The largest absolute Gasteiger partial charge is 0.373 e. The van der Waals surface area contributed by atoms with Crippen LogP contribution in [0.15, 0.2) is 206 Å². The zero-order chi connectivity index (χ0) is 91.3. The van der Waals surface area contributed by atoms with Gasteiger partial charge in [0.25, 0.3) is 17.8 Å². The van der Waals surface area contributed by atoms with Gasteiger partial charge in [-0.25, -0.2) is 39.5 Å². The molecule has 0 amide bonds. The first-order chi connectivity index (χ1) is 60.4. The summed E-state index contributed by atoms with van der Waals surface area (Å²) in [5.41, 5.74) is 55.0. The Morgan fingerprint density at radius 3 is 0.866 bits per heavy atom. The second-order valence-electron chi connectivity index (χ2n) is 39.0. The van der Waals surface area contributed by atoms with Crippen molar-refractivity contribution in [2.45, 2.75) is 338 Å². The third kappa shape index (κ3) is 20.7. The minimum Gasteiger partial charge on any atom is -0.373 e. The molecule has 8 aliphatic carbocycles. The standard InChI is InChI=1S/C15H21NO.C14H18FNO.C14H19NO.C14H21N.C13H17F2N.C13H18FN.C12H14F3N.C12H15F2N/c1-12-6-2-3-7-13(12)15(16)9-5-4-8-14(15)10-11-17-14;15-12-5-3-4-11(10-12)14(16)7-2-1-6-13(14)8-9-17-13;15-14(12-6-2-1-3-7-12)9-5-4-8-13(14)10-11-16-13;1-11-7-3-4-9-13(11)14(15)10-6-5-8-12(14)2;1-10-6-2-3-7-11(10)12(16)8-4-5-9-13(12,14)15;1-10-5-2-3-8-13(10,15)11-6-4-7-12(14)9-11;13-10-5-3-4-9(8-10)11(16)6-1-2-7-12(11,14)15;13-12(14)9-5-4-8-11(12,15)10-6-2-1-3-7-10/h2-3,6-7H,4-5,8-11,16H2,1H3;3-5,10H,1-2,6-9,16H2;1-3,6-7H,4-5,8-11,15H2;3-4,7,9,12H,5-6,8,10,15H2,1-2H3;2-3,6-7H,4-5,8-9,16H2,1H3;4,6-7,9-10H,2-3,5,8,15H2,1H3;3-5,8H,1-2,6-7,16H2;1-3,6-7H,4-5,8-9,15H2/t14?,15-;2*13?,14-;12?,14-;12-;10?,13-;2*11-/m00010100/s1. The highest BCUT2D eigenvalue weighted by atomic mass is 19.3. The molecule has 3 aliphatic heterocycles. The maximum absolute atomic E-state index is 14.0. The highest BCUT2D eigenvalue weighted by Crippen LogP contribution is 2.56. The molecule has 0 radical (unpaired) electrons.